The SMILES string of the molecule is Cc1ccc(CN(C(=O)c2csnn2)[C@@H](C(=O)NC2CCCC2)c2cccs2)cc1. The van der Waals surface area contributed by atoms with Crippen LogP contribution in [0.1, 0.15) is 58.2 Å². The Labute approximate surface area is 184 Å². The van der Waals surface area contributed by atoms with E-state index < -0.39 is 6.04 Å². The molecule has 0 saturated heterocycles. The van der Waals surface area contributed by atoms with Crippen LogP contribution in [0.3, 0.4) is 0 Å². The molecule has 1 aromatic carbocycles. The lowest BCUT2D eigenvalue weighted by Gasteiger charge is -2.31. The Hall–Kier alpha value is -2.58. The van der Waals surface area contributed by atoms with Gasteiger partial charge >= 0.3 is 0 Å². The molecule has 1 saturated carbocycles. The standard InChI is InChI=1S/C22H24N4O2S2/c1-15-8-10-16(11-9-15)13-26(22(28)18-14-30-25-24-18)20(19-7-4-12-29-19)21(27)23-17-5-2-3-6-17/h4,7-12,14,17,20H,2-3,5-6,13H2,1H3,(H,23,27)/t20-/m1/s1. The molecule has 1 aliphatic rings. The van der Waals surface area contributed by atoms with E-state index in [4.69, 9.17) is 0 Å². The van der Waals surface area contributed by atoms with E-state index in [0.717, 1.165) is 53.2 Å². The number of amides is 2. The minimum atomic E-state index is -0.707. The Morgan fingerprint density at radius 2 is 1.97 bits per heavy atom. The lowest BCUT2D eigenvalue weighted by molar-refractivity contribution is -0.126. The zero-order valence-corrected chi connectivity index (χ0v) is 18.4. The van der Waals surface area contributed by atoms with Gasteiger partial charge in [0.2, 0.25) is 5.91 Å². The number of benzene rings is 1. The predicted molar refractivity (Wildman–Crippen MR) is 118 cm³/mol. The van der Waals surface area contributed by atoms with Crippen LogP contribution in [-0.2, 0) is 11.3 Å². The van der Waals surface area contributed by atoms with Gasteiger partial charge in [0.15, 0.2) is 5.69 Å². The van der Waals surface area contributed by atoms with Gasteiger partial charge < -0.3 is 10.2 Å². The molecule has 0 bridgehead atoms. The van der Waals surface area contributed by atoms with Crippen molar-refractivity contribution in [2.45, 2.75) is 51.2 Å². The van der Waals surface area contributed by atoms with Crippen molar-refractivity contribution in [1.82, 2.24) is 19.8 Å². The summed E-state index contributed by atoms with van der Waals surface area (Å²) in [4.78, 5) is 29.3. The third-order valence-electron chi connectivity index (χ3n) is 5.39. The molecule has 0 spiro atoms. The summed E-state index contributed by atoms with van der Waals surface area (Å²) < 4.78 is 3.84. The lowest BCUT2D eigenvalue weighted by Crippen LogP contribution is -2.45. The molecule has 1 atom stereocenters. The first kappa shape index (κ1) is 20.7. The van der Waals surface area contributed by atoms with Crippen molar-refractivity contribution < 1.29 is 9.59 Å². The highest BCUT2D eigenvalue weighted by Crippen LogP contribution is 2.30. The first-order valence-corrected chi connectivity index (χ1v) is 11.8. The van der Waals surface area contributed by atoms with Gasteiger partial charge in [0.05, 0.1) is 0 Å². The Bertz CT molecular complexity index is 965. The maximum absolute atomic E-state index is 13.4. The summed E-state index contributed by atoms with van der Waals surface area (Å²) in [5.41, 5.74) is 2.38. The first-order chi connectivity index (χ1) is 14.6. The van der Waals surface area contributed by atoms with Crippen LogP contribution < -0.4 is 5.32 Å². The van der Waals surface area contributed by atoms with E-state index in [9.17, 15) is 9.59 Å². The smallest absolute Gasteiger partial charge is 0.276 e. The van der Waals surface area contributed by atoms with Gasteiger partial charge in [-0.1, -0.05) is 53.2 Å². The monoisotopic (exact) mass is 440 g/mol. The third-order valence-corrected chi connectivity index (χ3v) is 6.82. The zero-order valence-electron chi connectivity index (χ0n) is 16.8. The molecule has 3 aromatic rings. The van der Waals surface area contributed by atoms with Crippen molar-refractivity contribution in [2.75, 3.05) is 0 Å². The topological polar surface area (TPSA) is 75.2 Å². The summed E-state index contributed by atoms with van der Waals surface area (Å²) in [5, 5.41) is 10.7. The zero-order chi connectivity index (χ0) is 20.9. The van der Waals surface area contributed by atoms with E-state index in [1.54, 1.807) is 10.3 Å². The van der Waals surface area contributed by atoms with Gasteiger partial charge in [0.25, 0.3) is 5.91 Å². The second-order valence-electron chi connectivity index (χ2n) is 7.62. The van der Waals surface area contributed by atoms with Crippen LogP contribution in [-0.4, -0.2) is 32.3 Å². The average molecular weight is 441 g/mol. The molecule has 2 heterocycles. The average Bonchev–Trinajstić information content (AvgIpc) is 3.52. The number of carbonyl (C=O) groups is 2. The van der Waals surface area contributed by atoms with Crippen LogP contribution in [0.15, 0.2) is 47.2 Å². The predicted octanol–water partition coefficient (Wildman–Crippen LogP) is 4.35. The van der Waals surface area contributed by atoms with Crippen molar-refractivity contribution in [1.29, 1.82) is 0 Å². The Morgan fingerprint density at radius 1 is 1.20 bits per heavy atom. The molecule has 4 rings (SSSR count). The molecule has 2 amide bonds. The van der Waals surface area contributed by atoms with Crippen molar-refractivity contribution >= 4 is 34.7 Å². The molecule has 0 radical (unpaired) electrons. The van der Waals surface area contributed by atoms with Crippen LogP contribution >= 0.6 is 22.9 Å². The summed E-state index contributed by atoms with van der Waals surface area (Å²) in [6, 6.07) is 11.3. The number of carbonyl (C=O) groups excluding carboxylic acids is 2. The second-order valence-corrected chi connectivity index (χ2v) is 9.21. The van der Waals surface area contributed by atoms with Gasteiger partial charge in [-0.25, -0.2) is 0 Å². The number of nitrogens with one attached hydrogen (secondary N) is 1. The van der Waals surface area contributed by atoms with Crippen LogP contribution in [0.5, 0.6) is 0 Å². The van der Waals surface area contributed by atoms with Gasteiger partial charge in [-0.3, -0.25) is 9.59 Å². The van der Waals surface area contributed by atoms with E-state index in [2.05, 4.69) is 14.9 Å². The summed E-state index contributed by atoms with van der Waals surface area (Å²) in [6.45, 7) is 2.34. The van der Waals surface area contributed by atoms with Crippen LogP contribution in [0, 0.1) is 6.92 Å². The van der Waals surface area contributed by atoms with E-state index in [1.807, 2.05) is 48.7 Å². The molecule has 0 unspecified atom stereocenters. The first-order valence-electron chi connectivity index (χ1n) is 10.1. The van der Waals surface area contributed by atoms with Crippen molar-refractivity contribution in [3.63, 3.8) is 0 Å². The van der Waals surface area contributed by atoms with Gasteiger partial charge in [-0.2, -0.15) is 0 Å². The number of thiophene rings is 1. The van der Waals surface area contributed by atoms with E-state index in [1.165, 1.54) is 11.3 Å². The molecule has 1 fully saturated rings. The van der Waals surface area contributed by atoms with Gasteiger partial charge in [-0.15, -0.1) is 16.4 Å². The minimum absolute atomic E-state index is 0.131. The molecule has 2 aromatic heterocycles. The summed E-state index contributed by atoms with van der Waals surface area (Å²) in [6.07, 6.45) is 4.24. The van der Waals surface area contributed by atoms with E-state index in [-0.39, 0.29) is 23.6 Å². The lowest BCUT2D eigenvalue weighted by atomic mass is 10.1. The molecule has 0 aliphatic heterocycles. The van der Waals surface area contributed by atoms with Crippen LogP contribution in [0.4, 0.5) is 0 Å². The number of aryl methyl sites for hydroxylation is 1. The highest BCUT2D eigenvalue weighted by atomic mass is 32.1. The quantitative estimate of drug-likeness (QED) is 0.593. The summed E-state index contributed by atoms with van der Waals surface area (Å²) in [5.74, 6) is -0.419. The van der Waals surface area contributed by atoms with Gasteiger partial charge in [0, 0.05) is 22.8 Å². The maximum atomic E-state index is 13.4. The third kappa shape index (κ3) is 4.76. The Balaban J connectivity index is 1.68. The van der Waals surface area contributed by atoms with Crippen molar-refractivity contribution in [2.24, 2.45) is 0 Å². The number of hydrogen-bond donors (Lipinski definition) is 1. The largest absolute Gasteiger partial charge is 0.351 e. The highest BCUT2D eigenvalue weighted by molar-refractivity contribution is 7.10. The summed E-state index contributed by atoms with van der Waals surface area (Å²) in [7, 11) is 0. The number of nitrogens with zero attached hydrogens (tertiary/aromatic N) is 3. The van der Waals surface area contributed by atoms with E-state index in [0.29, 0.717) is 6.54 Å². The fourth-order valence-corrected chi connectivity index (χ4v) is 5.06. The molecular formula is C22H24N4O2S2. The molecule has 30 heavy (non-hydrogen) atoms. The maximum Gasteiger partial charge on any atom is 0.276 e. The fraction of sp³-hybridized carbons (Fsp3) is 0.364. The second kappa shape index (κ2) is 9.49. The molecule has 6 nitrogen and oxygen atoms in total. The van der Waals surface area contributed by atoms with Crippen molar-refractivity contribution in [3.8, 4) is 0 Å². The Morgan fingerprint density at radius 3 is 2.60 bits per heavy atom. The minimum Gasteiger partial charge on any atom is -0.351 e. The van der Waals surface area contributed by atoms with Crippen molar-refractivity contribution in [3.05, 3.63) is 68.9 Å². The number of aromatic nitrogens is 2. The molecular weight excluding hydrogens is 416 g/mol. The molecule has 1 N–H and O–H groups in total. The van der Waals surface area contributed by atoms with E-state index >= 15 is 0 Å². The molecule has 156 valence electrons. The highest BCUT2D eigenvalue weighted by Gasteiger charge is 2.35. The number of rotatable bonds is 7. The summed E-state index contributed by atoms with van der Waals surface area (Å²) >= 11 is 2.62. The molecule has 8 heteroatoms. The van der Waals surface area contributed by atoms with Crippen LogP contribution in [0.2, 0.25) is 0 Å². The van der Waals surface area contributed by atoms with Gasteiger partial charge in [-0.05, 0) is 48.3 Å². The normalized spacial score (nSPS) is 15.1. The van der Waals surface area contributed by atoms with Crippen LogP contribution in [0.25, 0.3) is 0 Å². The van der Waals surface area contributed by atoms with Gasteiger partial charge in [0.1, 0.15) is 6.04 Å². The number of hydrogen-bond acceptors (Lipinski definition) is 6. The fourth-order valence-electron chi connectivity index (χ4n) is 3.80. The Kier molecular flexibility index (Phi) is 6.54. The molecule has 1 aliphatic carbocycles.